The predicted molar refractivity (Wildman–Crippen MR) is 123 cm³/mol. The van der Waals surface area contributed by atoms with Crippen molar-refractivity contribution in [3.63, 3.8) is 0 Å². The van der Waals surface area contributed by atoms with Gasteiger partial charge in [-0.1, -0.05) is 24.3 Å². The van der Waals surface area contributed by atoms with E-state index in [-0.39, 0.29) is 5.28 Å². The van der Waals surface area contributed by atoms with Crippen molar-refractivity contribution in [2.24, 2.45) is 0 Å². The average molecular weight is 424 g/mol. The molecule has 0 unspecified atom stereocenters. The highest BCUT2D eigenvalue weighted by atomic mass is 35.5. The largest absolute Gasteiger partial charge is 0.497 e. The van der Waals surface area contributed by atoms with Crippen molar-refractivity contribution in [3.8, 4) is 16.9 Å². The second-order valence-corrected chi connectivity index (χ2v) is 8.38. The van der Waals surface area contributed by atoms with Crippen LogP contribution in [0, 0.1) is 13.8 Å². The van der Waals surface area contributed by atoms with Crippen LogP contribution in [0.25, 0.3) is 21.3 Å². The van der Waals surface area contributed by atoms with Gasteiger partial charge in [0.2, 0.25) is 5.28 Å². The minimum absolute atomic E-state index is 0.265. The second kappa shape index (κ2) is 8.01. The van der Waals surface area contributed by atoms with Crippen LogP contribution in [-0.2, 0) is 0 Å². The molecule has 2 aromatic carbocycles. The number of thiophene rings is 1. The summed E-state index contributed by atoms with van der Waals surface area (Å²) in [5.41, 5.74) is 4.55. The molecule has 4 rings (SSSR count). The topological polar surface area (TPSA) is 38.2 Å². The molecule has 2 heterocycles. The van der Waals surface area contributed by atoms with Crippen LogP contribution in [0.5, 0.6) is 5.75 Å². The van der Waals surface area contributed by atoms with Crippen LogP contribution in [0.4, 0.5) is 11.5 Å². The van der Waals surface area contributed by atoms with Crippen molar-refractivity contribution in [2.75, 3.05) is 18.6 Å². The van der Waals surface area contributed by atoms with Gasteiger partial charge in [-0.05, 0) is 67.8 Å². The molecule has 0 atom stereocenters. The number of anilines is 2. The van der Waals surface area contributed by atoms with Crippen LogP contribution in [0.2, 0.25) is 5.28 Å². The van der Waals surface area contributed by atoms with Crippen molar-refractivity contribution >= 4 is 44.7 Å². The molecule has 0 radical (unpaired) electrons. The van der Waals surface area contributed by atoms with Gasteiger partial charge in [0.15, 0.2) is 0 Å². The summed E-state index contributed by atoms with van der Waals surface area (Å²) in [6, 6.07) is 16.5. The Balaban J connectivity index is 1.98. The molecular weight excluding hydrogens is 402 g/mol. The third-order valence-corrected chi connectivity index (χ3v) is 6.11. The normalized spacial score (nSPS) is 11.1. The number of ether oxygens (including phenoxy) is 1. The number of rotatable bonds is 5. The molecule has 0 aliphatic carbocycles. The first-order valence-corrected chi connectivity index (χ1v) is 10.7. The SMILES string of the molecule is CCN(c1cccc(C)c1)c1nc(Cl)nc2sc(C)c(-c3ccc(OC)cc3)c12. The standard InChI is InChI=1S/C23H22ClN3OS/c1-5-27(17-8-6-7-14(2)13-17)21-20-19(16-9-11-18(28-4)12-10-16)15(3)29-22(20)26-23(24)25-21/h6-13H,5H2,1-4H3. The minimum atomic E-state index is 0.265. The van der Waals surface area contributed by atoms with Gasteiger partial charge in [-0.15, -0.1) is 11.3 Å². The van der Waals surface area contributed by atoms with E-state index in [9.17, 15) is 0 Å². The van der Waals surface area contributed by atoms with Crippen molar-refractivity contribution in [1.29, 1.82) is 0 Å². The molecule has 4 nitrogen and oxygen atoms in total. The maximum absolute atomic E-state index is 6.33. The van der Waals surface area contributed by atoms with E-state index in [0.29, 0.717) is 0 Å². The molecule has 0 aliphatic rings. The summed E-state index contributed by atoms with van der Waals surface area (Å²) < 4.78 is 5.32. The van der Waals surface area contributed by atoms with Crippen molar-refractivity contribution < 1.29 is 4.74 Å². The molecule has 148 valence electrons. The van der Waals surface area contributed by atoms with Crippen LogP contribution in [0.3, 0.4) is 0 Å². The molecule has 0 spiro atoms. The van der Waals surface area contributed by atoms with Crippen LogP contribution in [-0.4, -0.2) is 23.6 Å². The van der Waals surface area contributed by atoms with Gasteiger partial charge in [0.05, 0.1) is 12.5 Å². The van der Waals surface area contributed by atoms with Gasteiger partial charge in [0.1, 0.15) is 16.4 Å². The molecular formula is C23H22ClN3OS. The van der Waals surface area contributed by atoms with E-state index in [1.54, 1.807) is 18.4 Å². The summed E-state index contributed by atoms with van der Waals surface area (Å²) in [4.78, 5) is 13.5. The molecule has 0 amide bonds. The van der Waals surface area contributed by atoms with Crippen LogP contribution in [0.15, 0.2) is 48.5 Å². The summed E-state index contributed by atoms with van der Waals surface area (Å²) in [6.07, 6.45) is 0. The van der Waals surface area contributed by atoms with E-state index in [0.717, 1.165) is 45.1 Å². The maximum atomic E-state index is 6.33. The van der Waals surface area contributed by atoms with Crippen LogP contribution < -0.4 is 9.64 Å². The number of hydrogen-bond acceptors (Lipinski definition) is 5. The third kappa shape index (κ3) is 3.68. The second-order valence-electron chi connectivity index (χ2n) is 6.84. The molecule has 0 saturated carbocycles. The highest BCUT2D eigenvalue weighted by Gasteiger charge is 2.22. The number of fused-ring (bicyclic) bond motifs is 1. The number of aryl methyl sites for hydroxylation is 2. The first-order valence-electron chi connectivity index (χ1n) is 9.47. The van der Waals surface area contributed by atoms with E-state index in [4.69, 9.17) is 16.3 Å². The summed E-state index contributed by atoms with van der Waals surface area (Å²) in [6.45, 7) is 7.10. The Morgan fingerprint density at radius 2 is 1.83 bits per heavy atom. The number of methoxy groups -OCH3 is 1. The zero-order valence-corrected chi connectivity index (χ0v) is 18.4. The lowest BCUT2D eigenvalue weighted by Gasteiger charge is -2.24. The Hall–Kier alpha value is -2.63. The monoisotopic (exact) mass is 423 g/mol. The van der Waals surface area contributed by atoms with E-state index in [2.05, 4.69) is 72.0 Å². The fourth-order valence-corrected chi connectivity index (χ4v) is 4.87. The lowest BCUT2D eigenvalue weighted by molar-refractivity contribution is 0.415. The Bertz CT molecular complexity index is 1170. The van der Waals surface area contributed by atoms with E-state index >= 15 is 0 Å². The van der Waals surface area contributed by atoms with E-state index < -0.39 is 0 Å². The zero-order chi connectivity index (χ0) is 20.5. The fourth-order valence-electron chi connectivity index (χ4n) is 3.62. The molecule has 29 heavy (non-hydrogen) atoms. The zero-order valence-electron chi connectivity index (χ0n) is 16.9. The number of halogens is 1. The smallest absolute Gasteiger partial charge is 0.225 e. The Labute approximate surface area is 179 Å². The molecule has 4 aromatic rings. The van der Waals surface area contributed by atoms with E-state index in [1.807, 2.05) is 12.1 Å². The minimum Gasteiger partial charge on any atom is -0.497 e. The number of hydrogen-bond donors (Lipinski definition) is 0. The van der Waals surface area contributed by atoms with Gasteiger partial charge < -0.3 is 9.64 Å². The molecule has 0 bridgehead atoms. The molecule has 6 heteroatoms. The third-order valence-electron chi connectivity index (χ3n) is 4.95. The van der Waals surface area contributed by atoms with Crippen molar-refractivity contribution in [2.45, 2.75) is 20.8 Å². The average Bonchev–Trinajstić information content (AvgIpc) is 3.04. The fraction of sp³-hybridized carbons (Fsp3) is 0.217. The first-order chi connectivity index (χ1) is 14.0. The summed E-state index contributed by atoms with van der Waals surface area (Å²) in [7, 11) is 1.68. The maximum Gasteiger partial charge on any atom is 0.225 e. The lowest BCUT2D eigenvalue weighted by atomic mass is 10.0. The predicted octanol–water partition coefficient (Wildman–Crippen LogP) is 6.80. The van der Waals surface area contributed by atoms with Gasteiger partial charge in [-0.3, -0.25) is 0 Å². The van der Waals surface area contributed by atoms with Crippen LogP contribution in [0.1, 0.15) is 17.4 Å². The summed E-state index contributed by atoms with van der Waals surface area (Å²) in [5, 5.41) is 1.30. The Kier molecular flexibility index (Phi) is 5.43. The Morgan fingerprint density at radius 3 is 2.48 bits per heavy atom. The number of nitrogens with zero attached hydrogens (tertiary/aromatic N) is 3. The van der Waals surface area contributed by atoms with Crippen molar-refractivity contribution in [1.82, 2.24) is 9.97 Å². The van der Waals surface area contributed by atoms with Gasteiger partial charge in [-0.2, -0.15) is 4.98 Å². The van der Waals surface area contributed by atoms with Crippen molar-refractivity contribution in [3.05, 3.63) is 64.3 Å². The molecule has 0 N–H and O–H groups in total. The summed E-state index contributed by atoms with van der Waals surface area (Å²) >= 11 is 7.98. The highest BCUT2D eigenvalue weighted by molar-refractivity contribution is 7.19. The lowest BCUT2D eigenvalue weighted by Crippen LogP contribution is -2.18. The summed E-state index contributed by atoms with van der Waals surface area (Å²) in [5.74, 6) is 1.67. The number of aromatic nitrogens is 2. The molecule has 2 aromatic heterocycles. The highest BCUT2D eigenvalue weighted by Crippen LogP contribution is 2.44. The molecule has 0 fully saturated rings. The van der Waals surface area contributed by atoms with Crippen LogP contribution >= 0.6 is 22.9 Å². The van der Waals surface area contributed by atoms with Gasteiger partial charge in [0, 0.05) is 22.7 Å². The quantitative estimate of drug-likeness (QED) is 0.331. The first kappa shape index (κ1) is 19.7. The molecule has 0 saturated heterocycles. The van der Waals surface area contributed by atoms with E-state index in [1.165, 1.54) is 10.4 Å². The van der Waals surface area contributed by atoms with Gasteiger partial charge >= 0.3 is 0 Å². The Morgan fingerprint density at radius 1 is 1.07 bits per heavy atom. The van der Waals surface area contributed by atoms with Gasteiger partial charge in [0.25, 0.3) is 0 Å². The van der Waals surface area contributed by atoms with Gasteiger partial charge in [-0.25, -0.2) is 4.98 Å². The number of benzene rings is 2. The molecule has 0 aliphatic heterocycles.